The maximum absolute atomic E-state index is 11.9. The van der Waals surface area contributed by atoms with Crippen LogP contribution >= 0.6 is 0 Å². The molecular formula is C11H18N2O2. The van der Waals surface area contributed by atoms with E-state index in [4.69, 9.17) is 0 Å². The molecule has 1 saturated carbocycles. The molecule has 1 atom stereocenters. The SMILES string of the molecule is CCC[C@@]1(C2CCCC2)NC(=O)NC1=O. The lowest BCUT2D eigenvalue weighted by molar-refractivity contribution is -0.126. The van der Waals surface area contributed by atoms with Crippen molar-refractivity contribution < 1.29 is 9.59 Å². The number of carbonyl (C=O) groups is 2. The van der Waals surface area contributed by atoms with E-state index in [0.717, 1.165) is 25.7 Å². The fraction of sp³-hybridized carbons (Fsp3) is 0.818. The first-order valence-electron chi connectivity index (χ1n) is 5.82. The Labute approximate surface area is 89.8 Å². The monoisotopic (exact) mass is 210 g/mol. The first-order chi connectivity index (χ1) is 7.19. The molecule has 2 rings (SSSR count). The zero-order valence-corrected chi connectivity index (χ0v) is 9.14. The summed E-state index contributed by atoms with van der Waals surface area (Å²) < 4.78 is 0. The summed E-state index contributed by atoms with van der Waals surface area (Å²) in [5, 5.41) is 5.24. The molecule has 1 aliphatic heterocycles. The third kappa shape index (κ3) is 1.62. The molecule has 1 heterocycles. The summed E-state index contributed by atoms with van der Waals surface area (Å²) in [5.41, 5.74) is -0.595. The summed E-state index contributed by atoms with van der Waals surface area (Å²) in [6, 6.07) is -0.319. The second-order valence-corrected chi connectivity index (χ2v) is 4.61. The van der Waals surface area contributed by atoms with E-state index >= 15 is 0 Å². The number of carbonyl (C=O) groups excluding carboxylic acids is 2. The van der Waals surface area contributed by atoms with Crippen molar-refractivity contribution >= 4 is 11.9 Å². The van der Waals surface area contributed by atoms with Crippen molar-refractivity contribution in [2.75, 3.05) is 0 Å². The number of amides is 3. The van der Waals surface area contributed by atoms with Gasteiger partial charge in [-0.2, -0.15) is 0 Å². The lowest BCUT2D eigenvalue weighted by Crippen LogP contribution is -2.52. The summed E-state index contributed by atoms with van der Waals surface area (Å²) >= 11 is 0. The Hall–Kier alpha value is -1.06. The highest BCUT2D eigenvalue weighted by molar-refractivity contribution is 6.07. The molecule has 2 fully saturated rings. The quantitative estimate of drug-likeness (QED) is 0.694. The van der Waals surface area contributed by atoms with Crippen LogP contribution in [-0.2, 0) is 4.79 Å². The molecule has 1 saturated heterocycles. The van der Waals surface area contributed by atoms with E-state index in [2.05, 4.69) is 17.6 Å². The molecule has 0 radical (unpaired) electrons. The number of urea groups is 1. The minimum atomic E-state index is -0.595. The molecule has 0 aromatic carbocycles. The topological polar surface area (TPSA) is 58.2 Å². The number of nitrogens with one attached hydrogen (secondary N) is 2. The van der Waals surface area contributed by atoms with Crippen LogP contribution in [0, 0.1) is 5.92 Å². The van der Waals surface area contributed by atoms with Crippen LogP contribution in [0.2, 0.25) is 0 Å². The van der Waals surface area contributed by atoms with Crippen LogP contribution in [0.15, 0.2) is 0 Å². The van der Waals surface area contributed by atoms with Crippen LogP contribution in [0.3, 0.4) is 0 Å². The van der Waals surface area contributed by atoms with Gasteiger partial charge in [-0.15, -0.1) is 0 Å². The Morgan fingerprint density at radius 1 is 1.33 bits per heavy atom. The molecule has 2 aliphatic rings. The van der Waals surface area contributed by atoms with Gasteiger partial charge in [-0.3, -0.25) is 10.1 Å². The Bertz CT molecular complexity index is 284. The third-order valence-corrected chi connectivity index (χ3v) is 3.67. The molecule has 0 aromatic rings. The van der Waals surface area contributed by atoms with Gasteiger partial charge in [0.2, 0.25) is 0 Å². The van der Waals surface area contributed by atoms with Gasteiger partial charge >= 0.3 is 6.03 Å². The van der Waals surface area contributed by atoms with Gasteiger partial charge in [0.05, 0.1) is 0 Å². The Balaban J connectivity index is 2.22. The van der Waals surface area contributed by atoms with Gasteiger partial charge < -0.3 is 5.32 Å². The first-order valence-corrected chi connectivity index (χ1v) is 5.82. The normalized spacial score (nSPS) is 31.8. The lowest BCUT2D eigenvalue weighted by Gasteiger charge is -2.31. The zero-order chi connectivity index (χ0) is 10.9. The van der Waals surface area contributed by atoms with E-state index in [-0.39, 0.29) is 11.9 Å². The van der Waals surface area contributed by atoms with Crippen LogP contribution in [-0.4, -0.2) is 17.5 Å². The van der Waals surface area contributed by atoms with Crippen LogP contribution in [0.4, 0.5) is 4.79 Å². The van der Waals surface area contributed by atoms with Crippen LogP contribution in [0.5, 0.6) is 0 Å². The summed E-state index contributed by atoms with van der Waals surface area (Å²) in [5.74, 6) is 0.227. The van der Waals surface area contributed by atoms with Gasteiger partial charge in [-0.05, 0) is 25.2 Å². The Morgan fingerprint density at radius 3 is 2.47 bits per heavy atom. The van der Waals surface area contributed by atoms with E-state index in [9.17, 15) is 9.59 Å². The number of hydrogen-bond acceptors (Lipinski definition) is 2. The number of hydrogen-bond donors (Lipinski definition) is 2. The molecule has 3 amide bonds. The lowest BCUT2D eigenvalue weighted by atomic mass is 9.79. The maximum Gasteiger partial charge on any atom is 0.322 e. The summed E-state index contributed by atoms with van der Waals surface area (Å²) in [6.45, 7) is 2.05. The van der Waals surface area contributed by atoms with Crippen molar-refractivity contribution in [2.24, 2.45) is 5.92 Å². The van der Waals surface area contributed by atoms with Crippen molar-refractivity contribution in [2.45, 2.75) is 51.0 Å². The van der Waals surface area contributed by atoms with E-state index in [1.807, 2.05) is 0 Å². The highest BCUT2D eigenvalue weighted by Crippen LogP contribution is 2.38. The van der Waals surface area contributed by atoms with Gasteiger partial charge in [0.15, 0.2) is 0 Å². The predicted molar refractivity (Wildman–Crippen MR) is 56.3 cm³/mol. The fourth-order valence-corrected chi connectivity index (χ4v) is 2.99. The second kappa shape index (κ2) is 3.83. The van der Waals surface area contributed by atoms with Gasteiger partial charge in [-0.1, -0.05) is 26.2 Å². The third-order valence-electron chi connectivity index (χ3n) is 3.67. The molecule has 0 bridgehead atoms. The Kier molecular flexibility index (Phi) is 2.67. The molecule has 1 aliphatic carbocycles. The molecule has 15 heavy (non-hydrogen) atoms. The average molecular weight is 210 g/mol. The molecule has 2 N–H and O–H groups in total. The Morgan fingerprint density at radius 2 is 2.00 bits per heavy atom. The minimum Gasteiger partial charge on any atom is -0.323 e. The van der Waals surface area contributed by atoms with E-state index in [1.54, 1.807) is 0 Å². The van der Waals surface area contributed by atoms with Crippen molar-refractivity contribution in [1.29, 1.82) is 0 Å². The maximum atomic E-state index is 11.9. The molecular weight excluding hydrogens is 192 g/mol. The zero-order valence-electron chi connectivity index (χ0n) is 9.14. The first kappa shape index (κ1) is 10.5. The van der Waals surface area contributed by atoms with Crippen LogP contribution in [0.25, 0.3) is 0 Å². The minimum absolute atomic E-state index is 0.110. The predicted octanol–water partition coefficient (Wildman–Crippen LogP) is 1.55. The van der Waals surface area contributed by atoms with Gasteiger partial charge in [0.25, 0.3) is 5.91 Å². The van der Waals surface area contributed by atoms with Crippen molar-refractivity contribution in [3.8, 4) is 0 Å². The molecule has 4 nitrogen and oxygen atoms in total. The van der Waals surface area contributed by atoms with E-state index in [0.29, 0.717) is 5.92 Å². The summed E-state index contributed by atoms with van der Waals surface area (Å²) in [6.07, 6.45) is 6.17. The molecule has 0 aromatic heterocycles. The molecule has 4 heteroatoms. The second-order valence-electron chi connectivity index (χ2n) is 4.61. The summed E-state index contributed by atoms with van der Waals surface area (Å²) in [4.78, 5) is 23.1. The molecule has 0 unspecified atom stereocenters. The number of imide groups is 1. The summed E-state index contributed by atoms with van der Waals surface area (Å²) in [7, 11) is 0. The van der Waals surface area contributed by atoms with Crippen molar-refractivity contribution in [1.82, 2.24) is 10.6 Å². The van der Waals surface area contributed by atoms with Crippen molar-refractivity contribution in [3.63, 3.8) is 0 Å². The number of rotatable bonds is 3. The fourth-order valence-electron chi connectivity index (χ4n) is 2.99. The standard InChI is InChI=1S/C11H18N2O2/c1-2-7-11(8-5-3-4-6-8)9(14)12-10(15)13-11/h8H,2-7H2,1H3,(H2,12,13,14,15)/t11-/m0/s1. The van der Waals surface area contributed by atoms with E-state index in [1.165, 1.54) is 12.8 Å². The van der Waals surface area contributed by atoms with Crippen LogP contribution < -0.4 is 10.6 Å². The molecule has 0 spiro atoms. The van der Waals surface area contributed by atoms with Gasteiger partial charge in [0, 0.05) is 0 Å². The highest BCUT2D eigenvalue weighted by atomic mass is 16.2. The molecule has 84 valence electrons. The van der Waals surface area contributed by atoms with Gasteiger partial charge in [0.1, 0.15) is 5.54 Å². The smallest absolute Gasteiger partial charge is 0.322 e. The average Bonchev–Trinajstić information content (AvgIpc) is 2.76. The van der Waals surface area contributed by atoms with Crippen LogP contribution in [0.1, 0.15) is 45.4 Å². The van der Waals surface area contributed by atoms with Crippen molar-refractivity contribution in [3.05, 3.63) is 0 Å². The van der Waals surface area contributed by atoms with Gasteiger partial charge in [-0.25, -0.2) is 4.79 Å². The highest BCUT2D eigenvalue weighted by Gasteiger charge is 2.51. The van der Waals surface area contributed by atoms with E-state index < -0.39 is 5.54 Å². The largest absolute Gasteiger partial charge is 0.323 e.